The lowest BCUT2D eigenvalue weighted by Crippen LogP contribution is -2.37. The number of rotatable bonds is 37. The molecule has 2 atom stereocenters. The Morgan fingerprint density at radius 3 is 1.54 bits per heavy atom. The normalized spacial score (nSPS) is 14.5. The molecule has 0 radical (unpaired) electrons. The number of esters is 2. The predicted octanol–water partition coefficient (Wildman–Crippen LogP) is 12.0. The summed E-state index contributed by atoms with van der Waals surface area (Å²) in [5.41, 5.74) is 0. The van der Waals surface area contributed by atoms with Crippen molar-refractivity contribution in [2.45, 2.75) is 148 Å². The molecule has 0 aromatic rings. The lowest BCUT2D eigenvalue weighted by Gasteiger charge is -2.24. The van der Waals surface area contributed by atoms with E-state index in [2.05, 4.69) is 98.9 Å². The van der Waals surface area contributed by atoms with Gasteiger partial charge in [-0.15, -0.1) is 0 Å². The highest BCUT2D eigenvalue weighted by Gasteiger charge is 2.27. The Balaban J connectivity index is 4.51. The molecule has 0 aliphatic heterocycles. The average molecular weight is 805 g/mol. The maximum atomic E-state index is 12.7. The minimum Gasteiger partial charge on any atom is -0.462 e. The van der Waals surface area contributed by atoms with Crippen LogP contribution in [0, 0.1) is 0 Å². The predicted molar refractivity (Wildman–Crippen MR) is 233 cm³/mol. The van der Waals surface area contributed by atoms with Crippen LogP contribution in [-0.4, -0.2) is 74.9 Å². The molecule has 0 rings (SSSR count). The Labute approximate surface area is 341 Å². The molecule has 0 fully saturated rings. The van der Waals surface area contributed by atoms with Gasteiger partial charge in [0.25, 0.3) is 0 Å². The van der Waals surface area contributed by atoms with Crippen LogP contribution in [0.15, 0.2) is 85.1 Å². The third-order valence-electron chi connectivity index (χ3n) is 8.41. The molecular formula is C46H79NO8P+. The molecule has 0 saturated heterocycles. The van der Waals surface area contributed by atoms with Crippen LogP contribution < -0.4 is 0 Å². The van der Waals surface area contributed by atoms with Gasteiger partial charge >= 0.3 is 19.8 Å². The number of allylic oxidation sites excluding steroid dienone is 14. The molecule has 1 N–H and O–H groups in total. The molecule has 0 bridgehead atoms. The number of ether oxygens (including phenoxy) is 2. The number of phosphoric ester groups is 1. The van der Waals surface area contributed by atoms with Gasteiger partial charge in [0.15, 0.2) is 6.10 Å². The van der Waals surface area contributed by atoms with Crippen molar-refractivity contribution >= 4 is 19.8 Å². The summed E-state index contributed by atoms with van der Waals surface area (Å²) in [5, 5.41) is 0. The van der Waals surface area contributed by atoms with Crippen molar-refractivity contribution in [2.24, 2.45) is 0 Å². The Kier molecular flexibility index (Phi) is 35.9. The molecule has 56 heavy (non-hydrogen) atoms. The first-order valence-corrected chi connectivity index (χ1v) is 22.8. The zero-order valence-electron chi connectivity index (χ0n) is 35.8. The van der Waals surface area contributed by atoms with E-state index in [1.165, 1.54) is 25.7 Å². The van der Waals surface area contributed by atoms with Gasteiger partial charge in [0.2, 0.25) is 0 Å². The van der Waals surface area contributed by atoms with Crippen molar-refractivity contribution in [3.63, 3.8) is 0 Å². The van der Waals surface area contributed by atoms with Gasteiger partial charge in [0, 0.05) is 12.8 Å². The highest BCUT2D eigenvalue weighted by Crippen LogP contribution is 2.43. The van der Waals surface area contributed by atoms with Gasteiger partial charge in [-0.25, -0.2) is 4.57 Å². The third-order valence-corrected chi connectivity index (χ3v) is 9.39. The summed E-state index contributed by atoms with van der Waals surface area (Å²) in [6, 6.07) is 0. The van der Waals surface area contributed by atoms with Gasteiger partial charge in [-0.05, 0) is 89.9 Å². The molecule has 0 heterocycles. The second-order valence-electron chi connectivity index (χ2n) is 15.0. The second-order valence-corrected chi connectivity index (χ2v) is 16.4. The standard InChI is InChI=1S/C46H78NO8P/c1-6-8-10-12-14-16-18-20-22-23-25-26-28-30-32-34-36-38-45(48)52-42-44(43-54-56(50,51)53-41-40-47(3,4)5)55-46(49)39-37-35-33-31-29-27-24-21-19-17-15-13-11-9-7-2/h9,11,14-17,20-22,24-26,29,31,44H,6-8,10,12-13,18-19,23,27-28,30,32-43H2,1-5H3/p+1/b11-9+,16-14+,17-15+,22-20+,24-21+,26-25+,31-29+/t44-/m1/s1. The summed E-state index contributed by atoms with van der Waals surface area (Å²) in [4.78, 5) is 35.3. The van der Waals surface area contributed by atoms with E-state index in [4.69, 9.17) is 18.5 Å². The third kappa shape index (κ3) is 40.8. The molecule has 0 saturated carbocycles. The number of quaternary nitrogens is 1. The van der Waals surface area contributed by atoms with Crippen LogP contribution in [0.3, 0.4) is 0 Å². The smallest absolute Gasteiger partial charge is 0.462 e. The van der Waals surface area contributed by atoms with Gasteiger partial charge in [-0.1, -0.05) is 125 Å². The van der Waals surface area contributed by atoms with E-state index in [1.807, 2.05) is 21.1 Å². The summed E-state index contributed by atoms with van der Waals surface area (Å²) in [6.45, 7) is 4.17. The average Bonchev–Trinajstić information content (AvgIpc) is 3.15. The number of phosphoric acid groups is 1. The highest BCUT2D eigenvalue weighted by molar-refractivity contribution is 7.47. The topological polar surface area (TPSA) is 108 Å². The van der Waals surface area contributed by atoms with Crippen LogP contribution in [0.1, 0.15) is 142 Å². The zero-order valence-corrected chi connectivity index (χ0v) is 36.7. The SMILES string of the molecule is CC/C=C/C/C=C/C/C=C/C/C=C/CCCCC(=O)O[C@H](COC(=O)CCCCCC/C=C/C/C=C/C/C=C/CCCCC)COP(=O)(O)OCC[N+](C)(C)C. The van der Waals surface area contributed by atoms with Crippen LogP contribution in [0.5, 0.6) is 0 Å². The minimum atomic E-state index is -4.40. The zero-order chi connectivity index (χ0) is 41.4. The van der Waals surface area contributed by atoms with Crippen molar-refractivity contribution in [3.8, 4) is 0 Å². The number of carbonyl (C=O) groups is 2. The summed E-state index contributed by atoms with van der Waals surface area (Å²) in [5.74, 6) is -0.883. The fourth-order valence-electron chi connectivity index (χ4n) is 5.07. The van der Waals surface area contributed by atoms with E-state index in [1.54, 1.807) is 0 Å². The van der Waals surface area contributed by atoms with Gasteiger partial charge in [0.1, 0.15) is 19.8 Å². The van der Waals surface area contributed by atoms with Crippen LogP contribution in [-0.2, 0) is 32.7 Å². The molecule has 1 unspecified atom stereocenters. The molecule has 10 heteroatoms. The largest absolute Gasteiger partial charge is 0.472 e. The summed E-state index contributed by atoms with van der Waals surface area (Å²) in [7, 11) is 1.42. The van der Waals surface area contributed by atoms with E-state index >= 15 is 0 Å². The van der Waals surface area contributed by atoms with Crippen molar-refractivity contribution in [2.75, 3.05) is 47.5 Å². The van der Waals surface area contributed by atoms with Crippen LogP contribution in [0.4, 0.5) is 0 Å². The maximum Gasteiger partial charge on any atom is 0.472 e. The van der Waals surface area contributed by atoms with E-state index in [-0.39, 0.29) is 26.1 Å². The summed E-state index contributed by atoms with van der Waals surface area (Å²) >= 11 is 0. The van der Waals surface area contributed by atoms with E-state index in [0.717, 1.165) is 77.0 Å². The number of likely N-dealkylation sites (N-methyl/N-ethyl adjacent to an activating group) is 1. The Bertz CT molecular complexity index is 1230. The van der Waals surface area contributed by atoms with E-state index < -0.39 is 32.5 Å². The van der Waals surface area contributed by atoms with E-state index in [0.29, 0.717) is 23.9 Å². The molecule has 0 aromatic heterocycles. The van der Waals surface area contributed by atoms with Crippen LogP contribution >= 0.6 is 7.82 Å². The molecule has 9 nitrogen and oxygen atoms in total. The molecule has 0 amide bonds. The second kappa shape index (κ2) is 37.7. The van der Waals surface area contributed by atoms with Crippen LogP contribution in [0.2, 0.25) is 0 Å². The minimum absolute atomic E-state index is 0.0149. The lowest BCUT2D eigenvalue weighted by atomic mass is 10.1. The Morgan fingerprint density at radius 2 is 1.02 bits per heavy atom. The van der Waals surface area contributed by atoms with Gasteiger partial charge in [-0.3, -0.25) is 18.6 Å². The number of unbranched alkanes of at least 4 members (excludes halogenated alkanes) is 9. The van der Waals surface area contributed by atoms with E-state index in [9.17, 15) is 19.0 Å². The van der Waals surface area contributed by atoms with Gasteiger partial charge in [-0.2, -0.15) is 0 Å². The summed E-state index contributed by atoms with van der Waals surface area (Å²) < 4.78 is 34.2. The first-order chi connectivity index (χ1) is 27.0. The van der Waals surface area contributed by atoms with Crippen LogP contribution in [0.25, 0.3) is 0 Å². The van der Waals surface area contributed by atoms with Gasteiger partial charge in [0.05, 0.1) is 27.7 Å². The number of nitrogens with zero attached hydrogens (tertiary/aromatic N) is 1. The first-order valence-electron chi connectivity index (χ1n) is 21.3. The molecule has 0 aliphatic rings. The number of hydrogen-bond acceptors (Lipinski definition) is 7. The molecule has 0 aliphatic carbocycles. The Morgan fingerprint density at radius 1 is 0.571 bits per heavy atom. The van der Waals surface area contributed by atoms with Crippen molar-refractivity contribution < 1.29 is 42.1 Å². The number of hydrogen-bond donors (Lipinski definition) is 1. The quantitative estimate of drug-likeness (QED) is 0.0217. The fraction of sp³-hybridized carbons (Fsp3) is 0.652. The van der Waals surface area contributed by atoms with Crippen molar-refractivity contribution in [1.82, 2.24) is 0 Å². The Hall–Kier alpha value is -2.81. The maximum absolute atomic E-state index is 12.7. The number of carbonyl (C=O) groups excluding carboxylic acids is 2. The first kappa shape index (κ1) is 53.2. The lowest BCUT2D eigenvalue weighted by molar-refractivity contribution is -0.870. The molecule has 320 valence electrons. The fourth-order valence-corrected chi connectivity index (χ4v) is 5.81. The molecule has 0 spiro atoms. The highest BCUT2D eigenvalue weighted by atomic mass is 31.2. The monoisotopic (exact) mass is 805 g/mol. The molecule has 0 aromatic carbocycles. The summed E-state index contributed by atoms with van der Waals surface area (Å²) in [6.07, 6.45) is 47.8. The van der Waals surface area contributed by atoms with Crippen molar-refractivity contribution in [3.05, 3.63) is 85.1 Å². The van der Waals surface area contributed by atoms with Crippen molar-refractivity contribution in [1.29, 1.82) is 0 Å². The van der Waals surface area contributed by atoms with Gasteiger partial charge < -0.3 is 18.9 Å². The molecular weight excluding hydrogens is 725 g/mol.